The minimum atomic E-state index is -0.449. The van der Waals surface area contributed by atoms with Gasteiger partial charge in [0, 0.05) is 12.6 Å². The maximum atomic E-state index is 11.8. The highest BCUT2D eigenvalue weighted by Crippen LogP contribution is 2.24. The predicted molar refractivity (Wildman–Crippen MR) is 88.9 cm³/mol. The molecule has 1 fully saturated rings. The first kappa shape index (κ1) is 19.2. The third kappa shape index (κ3) is 8.59. The van der Waals surface area contributed by atoms with Gasteiger partial charge >= 0.3 is 6.09 Å². The minimum absolute atomic E-state index is 0.224. The SMILES string of the molecule is CC(O)CCCNC1CCCCC1CNC(=O)OC(C)(C)C. The molecular formula is C17H34N2O3. The molecule has 0 saturated heterocycles. The van der Waals surface area contributed by atoms with Gasteiger partial charge in [-0.3, -0.25) is 0 Å². The number of amides is 1. The van der Waals surface area contributed by atoms with E-state index in [0.717, 1.165) is 32.2 Å². The number of rotatable bonds is 7. The van der Waals surface area contributed by atoms with Crippen LogP contribution in [0.15, 0.2) is 0 Å². The molecule has 0 radical (unpaired) electrons. The Labute approximate surface area is 135 Å². The molecule has 1 amide bonds. The van der Waals surface area contributed by atoms with Crippen molar-refractivity contribution in [2.75, 3.05) is 13.1 Å². The van der Waals surface area contributed by atoms with Gasteiger partial charge in [0.1, 0.15) is 5.60 Å². The van der Waals surface area contributed by atoms with Crippen LogP contribution in [0.2, 0.25) is 0 Å². The number of carbonyl (C=O) groups is 1. The number of hydrogen-bond acceptors (Lipinski definition) is 4. The molecule has 1 saturated carbocycles. The second-order valence-electron chi connectivity index (χ2n) is 7.48. The van der Waals surface area contributed by atoms with E-state index in [9.17, 15) is 9.90 Å². The molecule has 0 aromatic carbocycles. The zero-order valence-electron chi connectivity index (χ0n) is 14.7. The highest BCUT2D eigenvalue weighted by Gasteiger charge is 2.25. The Morgan fingerprint density at radius 3 is 2.64 bits per heavy atom. The molecule has 1 aliphatic rings. The van der Waals surface area contributed by atoms with E-state index in [4.69, 9.17) is 4.74 Å². The van der Waals surface area contributed by atoms with E-state index in [1.165, 1.54) is 12.8 Å². The molecule has 0 aromatic heterocycles. The van der Waals surface area contributed by atoms with Crippen LogP contribution < -0.4 is 10.6 Å². The lowest BCUT2D eigenvalue weighted by Crippen LogP contribution is -2.45. The fraction of sp³-hybridized carbons (Fsp3) is 0.941. The van der Waals surface area contributed by atoms with Gasteiger partial charge in [-0.2, -0.15) is 0 Å². The van der Waals surface area contributed by atoms with Crippen LogP contribution in [0.4, 0.5) is 4.79 Å². The van der Waals surface area contributed by atoms with Crippen LogP contribution in [0.1, 0.15) is 66.2 Å². The fourth-order valence-electron chi connectivity index (χ4n) is 2.93. The molecule has 0 aliphatic heterocycles. The van der Waals surface area contributed by atoms with E-state index in [1.54, 1.807) is 0 Å². The van der Waals surface area contributed by atoms with E-state index < -0.39 is 5.60 Å². The van der Waals surface area contributed by atoms with Crippen LogP contribution >= 0.6 is 0 Å². The Morgan fingerprint density at radius 2 is 2.00 bits per heavy atom. The van der Waals surface area contributed by atoms with Crippen LogP contribution in [0, 0.1) is 5.92 Å². The smallest absolute Gasteiger partial charge is 0.407 e. The first-order valence-electron chi connectivity index (χ1n) is 8.66. The molecule has 22 heavy (non-hydrogen) atoms. The zero-order chi connectivity index (χ0) is 16.6. The summed E-state index contributed by atoms with van der Waals surface area (Å²) in [5.41, 5.74) is -0.449. The molecule has 3 N–H and O–H groups in total. The van der Waals surface area contributed by atoms with Crippen molar-refractivity contribution in [1.82, 2.24) is 10.6 Å². The number of nitrogens with one attached hydrogen (secondary N) is 2. The Balaban J connectivity index is 2.30. The standard InChI is InChI=1S/C17H34N2O3/c1-13(20)8-7-11-18-15-10-6-5-9-14(15)12-19-16(21)22-17(2,3)4/h13-15,18,20H,5-12H2,1-4H3,(H,19,21). The first-order chi connectivity index (χ1) is 10.3. The van der Waals surface area contributed by atoms with Crippen molar-refractivity contribution in [3.8, 4) is 0 Å². The lowest BCUT2D eigenvalue weighted by atomic mass is 9.84. The van der Waals surface area contributed by atoms with Gasteiger partial charge in [0.05, 0.1) is 6.10 Å². The maximum Gasteiger partial charge on any atom is 0.407 e. The van der Waals surface area contributed by atoms with Crippen molar-refractivity contribution >= 4 is 6.09 Å². The summed E-state index contributed by atoms with van der Waals surface area (Å²) in [6, 6.07) is 0.456. The molecule has 3 atom stereocenters. The molecule has 0 heterocycles. The second-order valence-corrected chi connectivity index (χ2v) is 7.48. The van der Waals surface area contributed by atoms with Gasteiger partial charge in [-0.05, 0) is 65.8 Å². The normalized spacial score (nSPS) is 23.9. The van der Waals surface area contributed by atoms with Crippen LogP contribution in [-0.4, -0.2) is 42.0 Å². The van der Waals surface area contributed by atoms with E-state index in [2.05, 4.69) is 10.6 Å². The van der Waals surface area contributed by atoms with E-state index in [-0.39, 0.29) is 12.2 Å². The van der Waals surface area contributed by atoms with Gasteiger partial charge in [0.15, 0.2) is 0 Å². The largest absolute Gasteiger partial charge is 0.444 e. The summed E-state index contributed by atoms with van der Waals surface area (Å²) in [6.07, 6.45) is 6.05. The third-order valence-corrected chi connectivity index (χ3v) is 4.02. The van der Waals surface area contributed by atoms with Crippen molar-refractivity contribution in [3.05, 3.63) is 0 Å². The highest BCUT2D eigenvalue weighted by molar-refractivity contribution is 5.67. The van der Waals surface area contributed by atoms with Crippen molar-refractivity contribution in [3.63, 3.8) is 0 Å². The molecule has 0 aromatic rings. The Bertz CT molecular complexity index is 326. The number of carbonyl (C=O) groups excluding carboxylic acids is 1. The maximum absolute atomic E-state index is 11.8. The highest BCUT2D eigenvalue weighted by atomic mass is 16.6. The summed E-state index contributed by atoms with van der Waals surface area (Å²) in [6.45, 7) is 9.05. The lowest BCUT2D eigenvalue weighted by Gasteiger charge is -2.33. The summed E-state index contributed by atoms with van der Waals surface area (Å²) in [4.78, 5) is 11.8. The van der Waals surface area contributed by atoms with Gasteiger partial charge in [-0.15, -0.1) is 0 Å². The number of hydrogen-bond donors (Lipinski definition) is 3. The van der Waals surface area contributed by atoms with E-state index >= 15 is 0 Å². The Kier molecular flexibility index (Phi) is 8.18. The molecule has 130 valence electrons. The van der Waals surface area contributed by atoms with Crippen molar-refractivity contribution in [2.45, 2.75) is 84.0 Å². The van der Waals surface area contributed by atoms with Crippen LogP contribution in [0.5, 0.6) is 0 Å². The van der Waals surface area contributed by atoms with Gasteiger partial charge < -0.3 is 20.5 Å². The number of aliphatic hydroxyl groups is 1. The van der Waals surface area contributed by atoms with Crippen LogP contribution in [-0.2, 0) is 4.74 Å². The van der Waals surface area contributed by atoms with E-state index in [1.807, 2.05) is 27.7 Å². The van der Waals surface area contributed by atoms with Gasteiger partial charge in [-0.1, -0.05) is 12.8 Å². The third-order valence-electron chi connectivity index (χ3n) is 4.02. The summed E-state index contributed by atoms with van der Waals surface area (Å²) >= 11 is 0. The zero-order valence-corrected chi connectivity index (χ0v) is 14.7. The van der Waals surface area contributed by atoms with Gasteiger partial charge in [0.2, 0.25) is 0 Å². The topological polar surface area (TPSA) is 70.6 Å². The molecule has 0 spiro atoms. The second kappa shape index (κ2) is 9.36. The molecule has 3 unspecified atom stereocenters. The van der Waals surface area contributed by atoms with Gasteiger partial charge in [-0.25, -0.2) is 4.79 Å². The van der Waals surface area contributed by atoms with E-state index in [0.29, 0.717) is 18.5 Å². The monoisotopic (exact) mass is 314 g/mol. The molecule has 0 bridgehead atoms. The minimum Gasteiger partial charge on any atom is -0.444 e. The molecule has 5 nitrogen and oxygen atoms in total. The summed E-state index contributed by atoms with van der Waals surface area (Å²) in [7, 11) is 0. The molecule has 1 aliphatic carbocycles. The lowest BCUT2D eigenvalue weighted by molar-refractivity contribution is 0.0510. The Hall–Kier alpha value is -0.810. The number of aliphatic hydroxyl groups excluding tert-OH is 1. The fourth-order valence-corrected chi connectivity index (χ4v) is 2.93. The van der Waals surface area contributed by atoms with Crippen molar-refractivity contribution in [1.29, 1.82) is 0 Å². The summed E-state index contributed by atoms with van der Waals surface area (Å²) < 4.78 is 5.29. The quantitative estimate of drug-likeness (QED) is 0.632. The average Bonchev–Trinajstić information content (AvgIpc) is 2.40. The molecule has 5 heteroatoms. The molecule has 1 rings (SSSR count). The van der Waals surface area contributed by atoms with Crippen molar-refractivity contribution < 1.29 is 14.6 Å². The predicted octanol–water partition coefficient (Wildman–Crippen LogP) is 2.82. The number of alkyl carbamates (subject to hydrolysis) is 1. The van der Waals surface area contributed by atoms with Crippen LogP contribution in [0.3, 0.4) is 0 Å². The van der Waals surface area contributed by atoms with Gasteiger partial charge in [0.25, 0.3) is 0 Å². The summed E-state index contributed by atoms with van der Waals surface area (Å²) in [5, 5.41) is 15.8. The van der Waals surface area contributed by atoms with Crippen LogP contribution in [0.25, 0.3) is 0 Å². The Morgan fingerprint density at radius 1 is 1.32 bits per heavy atom. The average molecular weight is 314 g/mol. The molecular weight excluding hydrogens is 280 g/mol. The first-order valence-corrected chi connectivity index (χ1v) is 8.66. The van der Waals surface area contributed by atoms with Crippen molar-refractivity contribution in [2.24, 2.45) is 5.92 Å². The number of ether oxygens (including phenoxy) is 1. The summed E-state index contributed by atoms with van der Waals surface area (Å²) in [5.74, 6) is 0.466.